The van der Waals surface area contributed by atoms with E-state index in [1.807, 2.05) is 6.07 Å². The van der Waals surface area contributed by atoms with Gasteiger partial charge in [-0.25, -0.2) is 0 Å². The Labute approximate surface area is 259 Å². The fraction of sp³-hybridized carbons (Fsp3) is 0.121. The van der Waals surface area contributed by atoms with Gasteiger partial charge >= 0.3 is 0 Å². The van der Waals surface area contributed by atoms with E-state index in [1.165, 1.54) is 18.9 Å². The van der Waals surface area contributed by atoms with Gasteiger partial charge in [0.1, 0.15) is 17.2 Å². The molecule has 4 rings (SSSR count). The van der Waals surface area contributed by atoms with Crippen molar-refractivity contribution < 1.29 is 23.9 Å². The molecule has 4 aromatic rings. The number of carbonyl (C=O) groups is 3. The van der Waals surface area contributed by atoms with Crippen LogP contribution in [0.4, 0.5) is 11.4 Å². The summed E-state index contributed by atoms with van der Waals surface area (Å²) in [6, 6.07) is 27.8. The normalized spacial score (nSPS) is 11.7. The first-order valence-corrected chi connectivity index (χ1v) is 14.5. The number of ether oxygens (including phenoxy) is 2. The number of thioether (sulfide) groups is 1. The van der Waals surface area contributed by atoms with Crippen LogP contribution in [0.5, 0.6) is 11.5 Å². The predicted molar refractivity (Wildman–Crippen MR) is 172 cm³/mol. The number of halogens is 1. The fourth-order valence-electron chi connectivity index (χ4n) is 3.91. The van der Waals surface area contributed by atoms with Gasteiger partial charge in [0, 0.05) is 27.2 Å². The molecule has 10 heteroatoms. The zero-order valence-corrected chi connectivity index (χ0v) is 25.3. The van der Waals surface area contributed by atoms with E-state index in [0.29, 0.717) is 39.0 Å². The lowest BCUT2D eigenvalue weighted by Gasteiger charge is -2.16. The first-order valence-electron chi connectivity index (χ1n) is 13.2. The number of methoxy groups -OCH3 is 2. The van der Waals surface area contributed by atoms with E-state index in [2.05, 4.69) is 16.0 Å². The van der Waals surface area contributed by atoms with Gasteiger partial charge < -0.3 is 25.4 Å². The van der Waals surface area contributed by atoms with Gasteiger partial charge in [-0.2, -0.15) is 0 Å². The molecule has 0 aromatic heterocycles. The maximum Gasteiger partial charge on any atom is 0.272 e. The molecule has 0 aliphatic carbocycles. The van der Waals surface area contributed by atoms with Gasteiger partial charge in [0.05, 0.1) is 25.2 Å². The molecular weight excluding hydrogens is 586 g/mol. The summed E-state index contributed by atoms with van der Waals surface area (Å²) in [4.78, 5) is 40.0. The van der Waals surface area contributed by atoms with Gasteiger partial charge in [0.15, 0.2) is 0 Å². The molecule has 0 heterocycles. The highest BCUT2D eigenvalue weighted by atomic mass is 35.5. The zero-order chi connectivity index (χ0) is 30.8. The fourth-order valence-corrected chi connectivity index (χ4v) is 4.96. The molecule has 0 fully saturated rings. The number of carbonyl (C=O) groups excluding carboxylic acids is 3. The summed E-state index contributed by atoms with van der Waals surface area (Å²) >= 11 is 7.34. The van der Waals surface area contributed by atoms with E-state index in [4.69, 9.17) is 21.1 Å². The molecule has 0 aliphatic rings. The lowest BCUT2D eigenvalue weighted by molar-refractivity contribution is -0.115. The van der Waals surface area contributed by atoms with Crippen molar-refractivity contribution in [2.75, 3.05) is 24.9 Å². The average molecular weight is 616 g/mol. The smallest absolute Gasteiger partial charge is 0.272 e. The van der Waals surface area contributed by atoms with E-state index < -0.39 is 17.1 Å². The minimum Gasteiger partial charge on any atom is -0.497 e. The number of benzene rings is 4. The highest BCUT2D eigenvalue weighted by Gasteiger charge is 2.18. The first-order chi connectivity index (χ1) is 20.7. The Balaban J connectivity index is 1.47. The molecule has 0 radical (unpaired) electrons. The monoisotopic (exact) mass is 615 g/mol. The van der Waals surface area contributed by atoms with Crippen LogP contribution in [-0.4, -0.2) is 37.2 Å². The maximum absolute atomic E-state index is 13.4. The van der Waals surface area contributed by atoms with Gasteiger partial charge in [-0.15, -0.1) is 11.8 Å². The van der Waals surface area contributed by atoms with Crippen LogP contribution in [0.15, 0.2) is 108 Å². The third kappa shape index (κ3) is 8.88. The summed E-state index contributed by atoms with van der Waals surface area (Å²) in [5.41, 5.74) is 2.17. The molecule has 8 nitrogen and oxygen atoms in total. The second kappa shape index (κ2) is 14.9. The largest absolute Gasteiger partial charge is 0.497 e. The van der Waals surface area contributed by atoms with Crippen LogP contribution >= 0.6 is 23.4 Å². The van der Waals surface area contributed by atoms with Crippen LogP contribution in [0.3, 0.4) is 0 Å². The topological polar surface area (TPSA) is 106 Å². The lowest BCUT2D eigenvalue weighted by atomic mass is 10.1. The standard InChI is InChI=1S/C33H30ClN3O5S/c1-21(31(38)36-28-17-16-26(41-2)20-30(28)42-3)43-27-11-7-10-25(19-27)35-33(40)29(18-22-12-14-24(34)15-13-22)37-32(39)23-8-5-4-6-9-23/h4-21H,1-3H3,(H,35,40)(H,36,38)(H,37,39)/b29-18-. The van der Waals surface area contributed by atoms with Crippen molar-refractivity contribution in [2.45, 2.75) is 17.1 Å². The molecule has 4 aromatic carbocycles. The number of hydrogen-bond donors (Lipinski definition) is 3. The molecule has 0 bridgehead atoms. The Kier molecular flexibility index (Phi) is 10.9. The summed E-state index contributed by atoms with van der Waals surface area (Å²) < 4.78 is 10.6. The number of hydrogen-bond acceptors (Lipinski definition) is 6. The van der Waals surface area contributed by atoms with Gasteiger partial charge in [-0.3, -0.25) is 14.4 Å². The van der Waals surface area contributed by atoms with Crippen LogP contribution in [0.2, 0.25) is 5.02 Å². The van der Waals surface area contributed by atoms with E-state index in [-0.39, 0.29) is 11.6 Å². The van der Waals surface area contributed by atoms with E-state index in [1.54, 1.807) is 111 Å². The predicted octanol–water partition coefficient (Wildman–Crippen LogP) is 6.89. The summed E-state index contributed by atoms with van der Waals surface area (Å²) in [5, 5.41) is 8.54. The van der Waals surface area contributed by atoms with Crippen molar-refractivity contribution >= 4 is 58.5 Å². The quantitative estimate of drug-likeness (QED) is 0.125. The van der Waals surface area contributed by atoms with Gasteiger partial charge in [0.2, 0.25) is 5.91 Å². The minimum atomic E-state index is -0.515. The van der Waals surface area contributed by atoms with Gasteiger partial charge in [0.25, 0.3) is 11.8 Å². The summed E-state index contributed by atoms with van der Waals surface area (Å²) in [6.45, 7) is 1.79. The molecule has 0 aliphatic heterocycles. The third-order valence-corrected chi connectivity index (χ3v) is 7.50. The second-order valence-electron chi connectivity index (χ2n) is 9.23. The highest BCUT2D eigenvalue weighted by Crippen LogP contribution is 2.31. The molecule has 3 N–H and O–H groups in total. The van der Waals surface area contributed by atoms with Crippen LogP contribution in [0, 0.1) is 0 Å². The molecule has 0 spiro atoms. The van der Waals surface area contributed by atoms with Gasteiger partial charge in [-0.05, 0) is 73.2 Å². The van der Waals surface area contributed by atoms with Crippen molar-refractivity contribution in [1.82, 2.24) is 5.32 Å². The first kappa shape index (κ1) is 31.2. The molecule has 43 heavy (non-hydrogen) atoms. The molecule has 3 amide bonds. The van der Waals surface area contributed by atoms with Crippen LogP contribution in [0.1, 0.15) is 22.8 Å². The van der Waals surface area contributed by atoms with Crippen molar-refractivity contribution in [2.24, 2.45) is 0 Å². The van der Waals surface area contributed by atoms with E-state index in [0.717, 1.165) is 4.90 Å². The Bertz CT molecular complexity index is 1630. The molecule has 220 valence electrons. The number of rotatable bonds is 11. The van der Waals surface area contributed by atoms with E-state index in [9.17, 15) is 14.4 Å². The van der Waals surface area contributed by atoms with Crippen LogP contribution in [0.25, 0.3) is 6.08 Å². The number of anilines is 2. The van der Waals surface area contributed by atoms with E-state index >= 15 is 0 Å². The molecule has 1 atom stereocenters. The Hall–Kier alpha value is -4.73. The molecule has 0 saturated carbocycles. The van der Waals surface area contributed by atoms with Gasteiger partial charge in [-0.1, -0.05) is 48.0 Å². The Morgan fingerprint density at radius 2 is 1.58 bits per heavy atom. The number of amides is 3. The van der Waals surface area contributed by atoms with Crippen LogP contribution < -0.4 is 25.4 Å². The average Bonchev–Trinajstić information content (AvgIpc) is 3.02. The third-order valence-electron chi connectivity index (χ3n) is 6.15. The van der Waals surface area contributed by atoms with Crippen molar-refractivity contribution in [1.29, 1.82) is 0 Å². The molecular formula is C33H30ClN3O5S. The Morgan fingerprint density at radius 1 is 0.837 bits per heavy atom. The highest BCUT2D eigenvalue weighted by molar-refractivity contribution is 8.00. The summed E-state index contributed by atoms with van der Waals surface area (Å²) in [5.74, 6) is -0.0644. The minimum absolute atomic E-state index is 0.0513. The molecule has 0 saturated heterocycles. The van der Waals surface area contributed by atoms with Crippen molar-refractivity contribution in [3.63, 3.8) is 0 Å². The second-order valence-corrected chi connectivity index (χ2v) is 11.1. The number of nitrogens with one attached hydrogen (secondary N) is 3. The van der Waals surface area contributed by atoms with Crippen LogP contribution in [-0.2, 0) is 9.59 Å². The zero-order valence-electron chi connectivity index (χ0n) is 23.7. The lowest BCUT2D eigenvalue weighted by Crippen LogP contribution is -2.30. The SMILES string of the molecule is COc1ccc(NC(=O)C(C)Sc2cccc(NC(=O)/C(=C/c3ccc(Cl)cc3)NC(=O)c3ccccc3)c2)c(OC)c1. The Morgan fingerprint density at radius 3 is 2.28 bits per heavy atom. The summed E-state index contributed by atoms with van der Waals surface area (Å²) in [6.07, 6.45) is 1.57. The summed E-state index contributed by atoms with van der Waals surface area (Å²) in [7, 11) is 3.07. The van der Waals surface area contributed by atoms with Crippen molar-refractivity contribution in [3.8, 4) is 11.5 Å². The van der Waals surface area contributed by atoms with Crippen molar-refractivity contribution in [3.05, 3.63) is 119 Å². The maximum atomic E-state index is 13.4. The molecule has 1 unspecified atom stereocenters.